The van der Waals surface area contributed by atoms with Crippen LogP contribution in [-0.2, 0) is 20.8 Å². The molecule has 0 N–H and O–H groups in total. The van der Waals surface area contributed by atoms with E-state index >= 15 is 0 Å². The maximum atomic E-state index is 12.3. The second kappa shape index (κ2) is 6.43. The van der Waals surface area contributed by atoms with Crippen LogP contribution < -0.4 is 0 Å². The minimum atomic E-state index is -0.772. The third-order valence-corrected chi connectivity index (χ3v) is 5.53. The number of hydrogen-bond donors (Lipinski definition) is 0. The van der Waals surface area contributed by atoms with Crippen LogP contribution in [0.1, 0.15) is 43.2 Å². The summed E-state index contributed by atoms with van der Waals surface area (Å²) in [6, 6.07) is -0.213. The van der Waals surface area contributed by atoms with Crippen molar-refractivity contribution < 1.29 is 14.3 Å². The number of nitrogens with zero attached hydrogens (tertiary/aromatic N) is 2. The third kappa shape index (κ3) is 3.15. The Bertz CT molecular complexity index is 541. The molecule has 1 amide bonds. The van der Waals surface area contributed by atoms with E-state index in [1.165, 1.54) is 12.8 Å². The first-order valence-corrected chi connectivity index (χ1v) is 9.02. The number of rotatable bonds is 6. The summed E-state index contributed by atoms with van der Waals surface area (Å²) in [5.41, 5.74) is 3.00. The van der Waals surface area contributed by atoms with Gasteiger partial charge < -0.3 is 14.4 Å². The predicted molar refractivity (Wildman–Crippen MR) is 85.1 cm³/mol. The molecule has 1 saturated carbocycles. The summed E-state index contributed by atoms with van der Waals surface area (Å²) in [7, 11) is 0. The van der Waals surface area contributed by atoms with Crippen LogP contribution in [-0.4, -0.2) is 46.7 Å². The maximum Gasteiger partial charge on any atom is 0.238 e. The van der Waals surface area contributed by atoms with Gasteiger partial charge in [0.05, 0.1) is 37.0 Å². The highest BCUT2D eigenvalue weighted by molar-refractivity contribution is 7.09. The van der Waals surface area contributed by atoms with E-state index in [0.717, 1.165) is 10.6 Å². The lowest BCUT2D eigenvalue weighted by Crippen LogP contribution is -2.52. The molecule has 1 unspecified atom stereocenters. The molecule has 0 aromatic carbocycles. The van der Waals surface area contributed by atoms with Crippen molar-refractivity contribution >= 4 is 28.8 Å². The highest BCUT2D eigenvalue weighted by atomic mass is 35.5. The van der Waals surface area contributed by atoms with Crippen molar-refractivity contribution in [3.05, 3.63) is 16.1 Å². The number of carbonyl (C=O) groups excluding carboxylic acids is 1. The van der Waals surface area contributed by atoms with Gasteiger partial charge in [0, 0.05) is 10.8 Å². The first-order valence-electron chi connectivity index (χ1n) is 7.60. The summed E-state index contributed by atoms with van der Waals surface area (Å²) in [6.07, 6.45) is 2.39. The highest BCUT2D eigenvalue weighted by Crippen LogP contribution is 2.42. The van der Waals surface area contributed by atoms with E-state index in [9.17, 15) is 4.79 Å². The minimum absolute atomic E-state index is 0.0437. The average molecular weight is 345 g/mol. The molecule has 7 heteroatoms. The van der Waals surface area contributed by atoms with Crippen molar-refractivity contribution in [1.29, 1.82) is 0 Å². The number of aromatic nitrogens is 1. The molecular weight excluding hydrogens is 324 g/mol. The number of alkyl halides is 1. The molecule has 1 aliphatic carbocycles. The number of hydrogen-bond acceptors (Lipinski definition) is 5. The molecule has 5 nitrogen and oxygen atoms in total. The molecule has 22 heavy (non-hydrogen) atoms. The molecule has 2 aliphatic rings. The Labute approximate surface area is 139 Å². The first kappa shape index (κ1) is 16.2. The average Bonchev–Trinajstić information content (AvgIpc) is 3.09. The van der Waals surface area contributed by atoms with Gasteiger partial charge in [-0.1, -0.05) is 0 Å². The number of thiazole rings is 1. The molecule has 0 radical (unpaired) electrons. The van der Waals surface area contributed by atoms with E-state index in [4.69, 9.17) is 21.1 Å². The maximum absolute atomic E-state index is 12.3. The zero-order chi connectivity index (χ0) is 15.7. The standard InChI is InChI=1S/C15H21ClN2O3S/c1-10(15(2)20-5-6-21-15)18(13(19)7-16)8-12-14(11-3-4-11)17-9-22-12/h9-11H,3-8H2,1-2H3. The van der Waals surface area contributed by atoms with Gasteiger partial charge in [0.2, 0.25) is 5.91 Å². The van der Waals surface area contributed by atoms with Crippen molar-refractivity contribution in [2.24, 2.45) is 0 Å². The van der Waals surface area contributed by atoms with Crippen LogP contribution in [0.2, 0.25) is 0 Å². The Morgan fingerprint density at radius 3 is 2.82 bits per heavy atom. The lowest BCUT2D eigenvalue weighted by atomic mass is 10.1. The van der Waals surface area contributed by atoms with E-state index in [1.807, 2.05) is 19.4 Å². The van der Waals surface area contributed by atoms with Gasteiger partial charge in [-0.25, -0.2) is 4.98 Å². The van der Waals surface area contributed by atoms with Gasteiger partial charge in [0.15, 0.2) is 5.79 Å². The Morgan fingerprint density at radius 1 is 1.55 bits per heavy atom. The molecule has 0 bridgehead atoms. The number of amides is 1. The van der Waals surface area contributed by atoms with Crippen molar-refractivity contribution in [2.45, 2.75) is 51.0 Å². The van der Waals surface area contributed by atoms with Gasteiger partial charge in [-0.15, -0.1) is 22.9 Å². The SMILES string of the molecule is CC(N(Cc1scnc1C1CC1)C(=O)CCl)C1(C)OCCO1. The van der Waals surface area contributed by atoms with Crippen molar-refractivity contribution in [3.8, 4) is 0 Å². The van der Waals surface area contributed by atoms with Crippen LogP contribution in [0.25, 0.3) is 0 Å². The molecule has 1 aliphatic heterocycles. The second-order valence-corrected chi connectivity index (χ2v) is 7.19. The Kier molecular flexibility index (Phi) is 4.73. The topological polar surface area (TPSA) is 51.7 Å². The van der Waals surface area contributed by atoms with Crippen molar-refractivity contribution in [2.75, 3.05) is 19.1 Å². The fraction of sp³-hybridized carbons (Fsp3) is 0.733. The summed E-state index contributed by atoms with van der Waals surface area (Å²) in [5, 5.41) is 0. The summed E-state index contributed by atoms with van der Waals surface area (Å²) < 4.78 is 11.4. The number of carbonyl (C=O) groups is 1. The second-order valence-electron chi connectivity index (χ2n) is 5.98. The molecule has 1 aromatic rings. The lowest BCUT2D eigenvalue weighted by molar-refractivity contribution is -0.190. The van der Waals surface area contributed by atoms with E-state index in [0.29, 0.717) is 25.7 Å². The molecule has 0 spiro atoms. The van der Waals surface area contributed by atoms with Gasteiger partial charge in [0.25, 0.3) is 0 Å². The molecule has 122 valence electrons. The molecule has 2 heterocycles. The lowest BCUT2D eigenvalue weighted by Gasteiger charge is -2.38. The third-order valence-electron chi connectivity index (χ3n) is 4.47. The van der Waals surface area contributed by atoms with E-state index < -0.39 is 5.79 Å². The number of halogens is 1. The molecule has 3 rings (SSSR count). The van der Waals surface area contributed by atoms with Crippen LogP contribution in [0.3, 0.4) is 0 Å². The van der Waals surface area contributed by atoms with Gasteiger partial charge in [-0.2, -0.15) is 0 Å². The predicted octanol–water partition coefficient (Wildman–Crippen LogP) is 2.74. The Morgan fingerprint density at radius 2 is 2.23 bits per heavy atom. The first-order chi connectivity index (χ1) is 10.5. The van der Waals surface area contributed by atoms with E-state index in [2.05, 4.69) is 4.98 Å². The normalized spacial score (nSPS) is 21.8. The van der Waals surface area contributed by atoms with Gasteiger partial charge in [0.1, 0.15) is 5.88 Å². The van der Waals surface area contributed by atoms with Crippen LogP contribution in [0, 0.1) is 0 Å². The molecular formula is C15H21ClN2O3S. The minimum Gasteiger partial charge on any atom is -0.346 e. The van der Waals surface area contributed by atoms with Crippen LogP contribution in [0.5, 0.6) is 0 Å². The molecule has 1 atom stereocenters. The fourth-order valence-electron chi connectivity index (χ4n) is 2.81. The largest absolute Gasteiger partial charge is 0.346 e. The zero-order valence-electron chi connectivity index (χ0n) is 12.9. The fourth-order valence-corrected chi connectivity index (χ4v) is 3.82. The van der Waals surface area contributed by atoms with Gasteiger partial charge >= 0.3 is 0 Å². The van der Waals surface area contributed by atoms with Gasteiger partial charge in [-0.3, -0.25) is 4.79 Å². The summed E-state index contributed by atoms with van der Waals surface area (Å²) in [4.78, 5) is 19.7. The van der Waals surface area contributed by atoms with Crippen LogP contribution in [0.15, 0.2) is 5.51 Å². The van der Waals surface area contributed by atoms with Crippen LogP contribution >= 0.6 is 22.9 Å². The van der Waals surface area contributed by atoms with E-state index in [-0.39, 0.29) is 17.8 Å². The summed E-state index contributed by atoms with van der Waals surface area (Å²) >= 11 is 7.42. The van der Waals surface area contributed by atoms with E-state index in [1.54, 1.807) is 16.2 Å². The van der Waals surface area contributed by atoms with Crippen molar-refractivity contribution in [1.82, 2.24) is 9.88 Å². The van der Waals surface area contributed by atoms with Gasteiger partial charge in [-0.05, 0) is 26.7 Å². The molecule has 1 aromatic heterocycles. The quantitative estimate of drug-likeness (QED) is 0.745. The highest BCUT2D eigenvalue weighted by Gasteiger charge is 2.42. The van der Waals surface area contributed by atoms with Crippen molar-refractivity contribution in [3.63, 3.8) is 0 Å². The van der Waals surface area contributed by atoms with Crippen LogP contribution in [0.4, 0.5) is 0 Å². The smallest absolute Gasteiger partial charge is 0.238 e. The molecule has 2 fully saturated rings. The number of ether oxygens (including phenoxy) is 2. The summed E-state index contributed by atoms with van der Waals surface area (Å²) in [5.74, 6) is -0.354. The summed E-state index contributed by atoms with van der Waals surface area (Å²) in [6.45, 7) is 5.46. The Balaban J connectivity index is 1.80. The monoisotopic (exact) mass is 344 g/mol. The Hall–Kier alpha value is -0.690. The zero-order valence-corrected chi connectivity index (χ0v) is 14.5. The molecule has 1 saturated heterocycles.